The van der Waals surface area contributed by atoms with Crippen LogP contribution in [-0.2, 0) is 0 Å². The number of para-hydroxylation sites is 1. The Morgan fingerprint density at radius 1 is 0.783 bits per heavy atom. The number of aromatic nitrogens is 1. The second-order valence-corrected chi connectivity index (χ2v) is 6.14. The van der Waals surface area contributed by atoms with E-state index in [4.69, 9.17) is 0 Å². The molecule has 0 unspecified atom stereocenters. The molecule has 0 saturated carbocycles. The highest BCUT2D eigenvalue weighted by atomic mass is 15.3. The number of pyridine rings is 1. The third-order valence-electron chi connectivity index (χ3n) is 4.69. The van der Waals surface area contributed by atoms with Crippen molar-refractivity contribution in [2.45, 2.75) is 6.92 Å². The average molecular weight is 303 g/mol. The van der Waals surface area contributed by atoms with Crippen molar-refractivity contribution in [1.82, 2.24) is 4.98 Å². The number of fused-ring (bicyclic) bond motifs is 1. The van der Waals surface area contributed by atoms with Crippen LogP contribution in [0.25, 0.3) is 10.8 Å². The molecule has 1 saturated heterocycles. The number of rotatable bonds is 2. The van der Waals surface area contributed by atoms with Gasteiger partial charge in [-0.1, -0.05) is 30.3 Å². The van der Waals surface area contributed by atoms with Crippen LogP contribution in [0.1, 0.15) is 5.56 Å². The fourth-order valence-corrected chi connectivity index (χ4v) is 3.50. The molecule has 3 aromatic rings. The van der Waals surface area contributed by atoms with Crippen molar-refractivity contribution >= 4 is 22.1 Å². The van der Waals surface area contributed by atoms with Gasteiger partial charge in [0.05, 0.1) is 0 Å². The molecule has 0 radical (unpaired) electrons. The maximum Gasteiger partial charge on any atom is 0.0450 e. The predicted octanol–water partition coefficient (Wildman–Crippen LogP) is 3.87. The fourth-order valence-electron chi connectivity index (χ4n) is 3.50. The van der Waals surface area contributed by atoms with Crippen LogP contribution in [0, 0.1) is 6.92 Å². The highest BCUT2D eigenvalue weighted by Gasteiger charge is 2.19. The Bertz CT molecular complexity index is 800. The Morgan fingerprint density at radius 3 is 2.30 bits per heavy atom. The number of hydrogen-bond acceptors (Lipinski definition) is 3. The Morgan fingerprint density at radius 2 is 1.52 bits per heavy atom. The molecule has 3 nitrogen and oxygen atoms in total. The highest BCUT2D eigenvalue weighted by Crippen LogP contribution is 2.30. The number of nitrogens with zero attached hydrogens (tertiary/aromatic N) is 3. The molecular weight excluding hydrogens is 282 g/mol. The minimum absolute atomic E-state index is 1.05. The summed E-state index contributed by atoms with van der Waals surface area (Å²) in [7, 11) is 0. The van der Waals surface area contributed by atoms with E-state index in [-0.39, 0.29) is 0 Å². The third-order valence-corrected chi connectivity index (χ3v) is 4.69. The first-order chi connectivity index (χ1) is 11.3. The van der Waals surface area contributed by atoms with Gasteiger partial charge in [-0.15, -0.1) is 0 Å². The SMILES string of the molecule is Cc1cncc2cccc(N3CCN(c4ccccc4)CC3)c12. The molecule has 4 rings (SSSR count). The van der Waals surface area contributed by atoms with Crippen LogP contribution in [0.15, 0.2) is 60.9 Å². The number of hydrogen-bond donors (Lipinski definition) is 0. The molecule has 3 heteroatoms. The minimum atomic E-state index is 1.05. The van der Waals surface area contributed by atoms with Gasteiger partial charge in [0.15, 0.2) is 0 Å². The van der Waals surface area contributed by atoms with E-state index >= 15 is 0 Å². The smallest absolute Gasteiger partial charge is 0.0450 e. The molecule has 0 spiro atoms. The summed E-state index contributed by atoms with van der Waals surface area (Å²) in [5.74, 6) is 0. The van der Waals surface area contributed by atoms with Gasteiger partial charge in [-0.3, -0.25) is 4.98 Å². The van der Waals surface area contributed by atoms with Crippen molar-refractivity contribution in [3.8, 4) is 0 Å². The number of benzene rings is 2. The average Bonchev–Trinajstić information content (AvgIpc) is 2.62. The van der Waals surface area contributed by atoms with Gasteiger partial charge in [0.2, 0.25) is 0 Å². The Labute approximate surface area is 137 Å². The maximum absolute atomic E-state index is 4.32. The van der Waals surface area contributed by atoms with Gasteiger partial charge in [-0.05, 0) is 30.7 Å². The van der Waals surface area contributed by atoms with E-state index in [0.29, 0.717) is 0 Å². The highest BCUT2D eigenvalue weighted by molar-refractivity contribution is 5.96. The normalized spacial score (nSPS) is 15.2. The van der Waals surface area contributed by atoms with Crippen LogP contribution in [0.4, 0.5) is 11.4 Å². The lowest BCUT2D eigenvalue weighted by molar-refractivity contribution is 0.655. The van der Waals surface area contributed by atoms with Gasteiger partial charge in [0.1, 0.15) is 0 Å². The third kappa shape index (κ3) is 2.63. The first-order valence-electron chi connectivity index (χ1n) is 8.21. The van der Waals surface area contributed by atoms with E-state index in [1.54, 1.807) is 0 Å². The second-order valence-electron chi connectivity index (χ2n) is 6.14. The molecule has 1 aliphatic heterocycles. The topological polar surface area (TPSA) is 19.4 Å². The summed E-state index contributed by atoms with van der Waals surface area (Å²) in [6, 6.07) is 17.2. The molecule has 23 heavy (non-hydrogen) atoms. The van der Waals surface area contributed by atoms with Gasteiger partial charge >= 0.3 is 0 Å². The fraction of sp³-hybridized carbons (Fsp3) is 0.250. The van der Waals surface area contributed by atoms with Crippen LogP contribution >= 0.6 is 0 Å². The van der Waals surface area contributed by atoms with E-state index in [2.05, 4.69) is 70.2 Å². The molecule has 1 fully saturated rings. The standard InChI is InChI=1S/C20H21N3/c1-16-14-21-15-17-6-5-9-19(20(16)17)23-12-10-22(11-13-23)18-7-3-2-4-8-18/h2-9,14-15H,10-13H2,1H3. The summed E-state index contributed by atoms with van der Waals surface area (Å²) in [5.41, 5.74) is 3.92. The first-order valence-corrected chi connectivity index (χ1v) is 8.21. The molecular formula is C20H21N3. The summed E-state index contributed by atoms with van der Waals surface area (Å²) < 4.78 is 0. The summed E-state index contributed by atoms with van der Waals surface area (Å²) in [6.45, 7) is 6.37. The van der Waals surface area contributed by atoms with Crippen molar-refractivity contribution in [3.63, 3.8) is 0 Å². The molecule has 1 aliphatic rings. The number of aryl methyl sites for hydroxylation is 1. The zero-order valence-electron chi connectivity index (χ0n) is 13.4. The van der Waals surface area contributed by atoms with Crippen LogP contribution in [0.2, 0.25) is 0 Å². The van der Waals surface area contributed by atoms with Crippen LogP contribution in [0.5, 0.6) is 0 Å². The van der Waals surface area contributed by atoms with Gasteiger partial charge in [-0.2, -0.15) is 0 Å². The van der Waals surface area contributed by atoms with Crippen molar-refractivity contribution in [2.24, 2.45) is 0 Å². The Balaban J connectivity index is 1.60. The van der Waals surface area contributed by atoms with Gasteiger partial charge in [0, 0.05) is 60.7 Å². The molecule has 2 heterocycles. The Kier molecular flexibility index (Phi) is 3.62. The second kappa shape index (κ2) is 5.92. The largest absolute Gasteiger partial charge is 0.368 e. The summed E-state index contributed by atoms with van der Waals surface area (Å²) in [6.07, 6.45) is 3.93. The lowest BCUT2D eigenvalue weighted by Gasteiger charge is -2.38. The number of piperazine rings is 1. The van der Waals surface area contributed by atoms with Crippen molar-refractivity contribution < 1.29 is 0 Å². The van der Waals surface area contributed by atoms with Gasteiger partial charge < -0.3 is 9.80 Å². The first kappa shape index (κ1) is 14.1. The molecule has 116 valence electrons. The van der Waals surface area contributed by atoms with Crippen LogP contribution < -0.4 is 9.80 Å². The molecule has 0 atom stereocenters. The minimum Gasteiger partial charge on any atom is -0.368 e. The zero-order chi connectivity index (χ0) is 15.6. The summed E-state index contributed by atoms with van der Waals surface area (Å²) in [4.78, 5) is 9.30. The molecule has 0 bridgehead atoms. The van der Waals surface area contributed by atoms with E-state index in [9.17, 15) is 0 Å². The molecule has 1 aromatic heterocycles. The summed E-state index contributed by atoms with van der Waals surface area (Å²) >= 11 is 0. The molecule has 2 aromatic carbocycles. The van der Waals surface area contributed by atoms with Gasteiger partial charge in [0.25, 0.3) is 0 Å². The lowest BCUT2D eigenvalue weighted by Crippen LogP contribution is -2.46. The predicted molar refractivity (Wildman–Crippen MR) is 97.3 cm³/mol. The van der Waals surface area contributed by atoms with Crippen molar-refractivity contribution in [1.29, 1.82) is 0 Å². The van der Waals surface area contributed by atoms with E-state index in [0.717, 1.165) is 26.2 Å². The molecule has 0 N–H and O–H groups in total. The quantitative estimate of drug-likeness (QED) is 0.716. The van der Waals surface area contributed by atoms with Crippen molar-refractivity contribution in [3.05, 3.63) is 66.5 Å². The lowest BCUT2D eigenvalue weighted by atomic mass is 10.1. The van der Waals surface area contributed by atoms with Crippen molar-refractivity contribution in [2.75, 3.05) is 36.0 Å². The number of anilines is 2. The molecule has 0 aliphatic carbocycles. The van der Waals surface area contributed by atoms with E-state index < -0.39 is 0 Å². The Hall–Kier alpha value is -2.55. The van der Waals surface area contributed by atoms with Crippen LogP contribution in [-0.4, -0.2) is 31.2 Å². The summed E-state index contributed by atoms with van der Waals surface area (Å²) in [5, 5.41) is 2.57. The monoisotopic (exact) mass is 303 g/mol. The molecule has 0 amide bonds. The maximum atomic E-state index is 4.32. The van der Waals surface area contributed by atoms with Crippen LogP contribution in [0.3, 0.4) is 0 Å². The van der Waals surface area contributed by atoms with E-state index in [1.165, 1.54) is 27.7 Å². The zero-order valence-corrected chi connectivity index (χ0v) is 13.4. The van der Waals surface area contributed by atoms with Gasteiger partial charge in [-0.25, -0.2) is 0 Å². The van der Waals surface area contributed by atoms with E-state index in [1.807, 2.05) is 12.4 Å².